The molecule has 5 heteroatoms. The van der Waals surface area contributed by atoms with E-state index in [4.69, 9.17) is 16.3 Å². The minimum atomic E-state index is -1.03. The highest BCUT2D eigenvalue weighted by molar-refractivity contribution is 6.29. The van der Waals surface area contributed by atoms with Crippen molar-refractivity contribution in [1.82, 2.24) is 4.98 Å². The zero-order valence-electron chi connectivity index (χ0n) is 10.5. The van der Waals surface area contributed by atoms with Crippen LogP contribution >= 0.6 is 11.6 Å². The quantitative estimate of drug-likeness (QED) is 0.874. The summed E-state index contributed by atoms with van der Waals surface area (Å²) in [5, 5.41) is 9.37. The van der Waals surface area contributed by atoms with E-state index >= 15 is 0 Å². The molecule has 0 radical (unpaired) electrons. The zero-order valence-corrected chi connectivity index (χ0v) is 11.2. The molecule has 0 spiro atoms. The summed E-state index contributed by atoms with van der Waals surface area (Å²) in [4.78, 5) is 15.2. The van der Waals surface area contributed by atoms with E-state index in [1.807, 2.05) is 13.0 Å². The predicted octanol–water partition coefficient (Wildman–Crippen LogP) is 3.42. The lowest BCUT2D eigenvalue weighted by Crippen LogP contribution is -2.01. The molecule has 1 aromatic carbocycles. The minimum Gasteiger partial charge on any atom is -0.496 e. The fourth-order valence-electron chi connectivity index (χ4n) is 1.88. The third-order valence-electron chi connectivity index (χ3n) is 2.81. The van der Waals surface area contributed by atoms with E-state index in [0.29, 0.717) is 5.56 Å². The van der Waals surface area contributed by atoms with Crippen molar-refractivity contribution in [1.29, 1.82) is 0 Å². The third-order valence-corrected chi connectivity index (χ3v) is 3.01. The molecule has 0 aliphatic carbocycles. The Morgan fingerprint density at radius 3 is 2.68 bits per heavy atom. The number of pyridine rings is 1. The smallest absolute Gasteiger partial charge is 0.336 e. The summed E-state index contributed by atoms with van der Waals surface area (Å²) in [5.74, 6) is -0.282. The van der Waals surface area contributed by atoms with Crippen LogP contribution in [0.2, 0.25) is 5.15 Å². The first kappa shape index (κ1) is 13.4. The van der Waals surface area contributed by atoms with E-state index in [2.05, 4.69) is 4.98 Å². The molecule has 0 saturated carbocycles. The molecule has 2 rings (SSSR count). The van der Waals surface area contributed by atoms with E-state index in [1.165, 1.54) is 12.3 Å². The van der Waals surface area contributed by atoms with Crippen molar-refractivity contribution in [2.45, 2.75) is 6.92 Å². The topological polar surface area (TPSA) is 59.4 Å². The molecular formula is C14H12ClNO3. The van der Waals surface area contributed by atoms with Crippen molar-refractivity contribution in [3.8, 4) is 16.9 Å². The van der Waals surface area contributed by atoms with E-state index in [1.54, 1.807) is 19.2 Å². The molecule has 0 aliphatic heterocycles. The minimum absolute atomic E-state index is 0.129. The molecule has 0 bridgehead atoms. The van der Waals surface area contributed by atoms with Crippen LogP contribution < -0.4 is 4.74 Å². The number of rotatable bonds is 3. The fraction of sp³-hybridized carbons (Fsp3) is 0.143. The predicted molar refractivity (Wildman–Crippen MR) is 72.9 cm³/mol. The number of hydrogen-bond acceptors (Lipinski definition) is 3. The summed E-state index contributed by atoms with van der Waals surface area (Å²) in [6, 6.07) is 6.79. The van der Waals surface area contributed by atoms with E-state index in [-0.39, 0.29) is 10.7 Å². The van der Waals surface area contributed by atoms with Gasteiger partial charge in [-0.05, 0) is 36.2 Å². The van der Waals surface area contributed by atoms with E-state index in [9.17, 15) is 9.90 Å². The standard InChI is InChI=1S/C14H12ClNO3/c1-8-5-9(3-4-12(8)19-2)11-7-16-13(15)6-10(11)14(17)18/h3-7H,1-2H3,(H,17,18). The maximum absolute atomic E-state index is 11.2. The number of carboxylic acids is 1. The highest BCUT2D eigenvalue weighted by Gasteiger charge is 2.14. The molecule has 0 unspecified atom stereocenters. The second-order valence-electron chi connectivity index (χ2n) is 4.04. The van der Waals surface area contributed by atoms with Gasteiger partial charge in [0.1, 0.15) is 10.9 Å². The van der Waals surface area contributed by atoms with Crippen molar-refractivity contribution in [2.24, 2.45) is 0 Å². The van der Waals surface area contributed by atoms with Gasteiger partial charge in [0.15, 0.2) is 0 Å². The van der Waals surface area contributed by atoms with Gasteiger partial charge in [0.2, 0.25) is 0 Å². The van der Waals surface area contributed by atoms with Crippen LogP contribution in [0.1, 0.15) is 15.9 Å². The number of aromatic carboxylic acids is 1. The number of benzene rings is 1. The molecular weight excluding hydrogens is 266 g/mol. The summed E-state index contributed by atoms with van der Waals surface area (Å²) in [6.07, 6.45) is 1.47. The van der Waals surface area contributed by atoms with Gasteiger partial charge >= 0.3 is 5.97 Å². The fourth-order valence-corrected chi connectivity index (χ4v) is 2.04. The first-order valence-corrected chi connectivity index (χ1v) is 5.94. The maximum atomic E-state index is 11.2. The Hall–Kier alpha value is -2.07. The highest BCUT2D eigenvalue weighted by atomic mass is 35.5. The Kier molecular flexibility index (Phi) is 3.71. The van der Waals surface area contributed by atoms with E-state index in [0.717, 1.165) is 16.9 Å². The van der Waals surface area contributed by atoms with Crippen LogP contribution in [0.3, 0.4) is 0 Å². The average Bonchev–Trinajstić information content (AvgIpc) is 2.38. The van der Waals surface area contributed by atoms with E-state index < -0.39 is 5.97 Å². The third kappa shape index (κ3) is 2.69. The van der Waals surface area contributed by atoms with Gasteiger partial charge in [-0.15, -0.1) is 0 Å². The largest absolute Gasteiger partial charge is 0.496 e. The molecule has 2 aromatic rings. The molecule has 0 saturated heterocycles. The molecule has 98 valence electrons. The van der Waals surface area contributed by atoms with Crippen LogP contribution in [0.15, 0.2) is 30.5 Å². The summed E-state index contributed by atoms with van der Waals surface area (Å²) >= 11 is 5.73. The van der Waals surface area contributed by atoms with Gasteiger partial charge in [-0.3, -0.25) is 0 Å². The highest BCUT2D eigenvalue weighted by Crippen LogP contribution is 2.29. The van der Waals surface area contributed by atoms with Crippen molar-refractivity contribution in [3.63, 3.8) is 0 Å². The second kappa shape index (κ2) is 5.28. The van der Waals surface area contributed by atoms with Crippen LogP contribution in [0.4, 0.5) is 0 Å². The number of halogens is 1. The second-order valence-corrected chi connectivity index (χ2v) is 4.43. The molecule has 1 aromatic heterocycles. The van der Waals surface area contributed by atoms with Crippen LogP contribution in [-0.4, -0.2) is 23.2 Å². The number of aryl methyl sites for hydroxylation is 1. The monoisotopic (exact) mass is 277 g/mol. The summed E-state index contributed by atoms with van der Waals surface area (Å²) < 4.78 is 5.18. The first-order valence-electron chi connectivity index (χ1n) is 5.56. The Balaban J connectivity index is 2.58. The number of methoxy groups -OCH3 is 1. The number of nitrogens with zero attached hydrogens (tertiary/aromatic N) is 1. The molecule has 4 nitrogen and oxygen atoms in total. The number of ether oxygens (including phenoxy) is 1. The Bertz CT molecular complexity index is 641. The van der Waals surface area contributed by atoms with Crippen LogP contribution in [0.5, 0.6) is 5.75 Å². The van der Waals surface area contributed by atoms with Crippen molar-refractivity contribution in [2.75, 3.05) is 7.11 Å². The normalized spacial score (nSPS) is 10.3. The average molecular weight is 278 g/mol. The summed E-state index contributed by atoms with van der Waals surface area (Å²) in [7, 11) is 1.59. The Morgan fingerprint density at radius 1 is 1.37 bits per heavy atom. The summed E-state index contributed by atoms with van der Waals surface area (Å²) in [6.45, 7) is 1.89. The molecule has 1 heterocycles. The lowest BCUT2D eigenvalue weighted by atomic mass is 10.00. The van der Waals surface area contributed by atoms with Crippen molar-refractivity contribution < 1.29 is 14.6 Å². The van der Waals surface area contributed by atoms with Gasteiger partial charge in [-0.25, -0.2) is 9.78 Å². The Morgan fingerprint density at radius 2 is 2.11 bits per heavy atom. The van der Waals surface area contributed by atoms with Crippen LogP contribution in [0.25, 0.3) is 11.1 Å². The van der Waals surface area contributed by atoms with Crippen molar-refractivity contribution >= 4 is 17.6 Å². The van der Waals surface area contributed by atoms with Crippen LogP contribution in [-0.2, 0) is 0 Å². The first-order chi connectivity index (χ1) is 9.02. The van der Waals surface area contributed by atoms with Crippen molar-refractivity contribution in [3.05, 3.63) is 46.7 Å². The number of aromatic nitrogens is 1. The Labute approximate surface area is 115 Å². The zero-order chi connectivity index (χ0) is 14.0. The van der Waals surface area contributed by atoms with Gasteiger partial charge in [0.05, 0.1) is 12.7 Å². The SMILES string of the molecule is COc1ccc(-c2cnc(Cl)cc2C(=O)O)cc1C. The molecule has 19 heavy (non-hydrogen) atoms. The molecule has 0 aliphatic rings. The van der Waals surface area contributed by atoms with Crippen LogP contribution in [0, 0.1) is 6.92 Å². The number of hydrogen-bond donors (Lipinski definition) is 1. The van der Waals surface area contributed by atoms with Gasteiger partial charge in [-0.2, -0.15) is 0 Å². The number of carbonyl (C=O) groups is 1. The molecule has 0 amide bonds. The molecule has 1 N–H and O–H groups in total. The molecule has 0 atom stereocenters. The van der Waals surface area contributed by atoms with Gasteiger partial charge in [0, 0.05) is 11.8 Å². The lowest BCUT2D eigenvalue weighted by molar-refractivity contribution is 0.0697. The maximum Gasteiger partial charge on any atom is 0.336 e. The summed E-state index contributed by atoms with van der Waals surface area (Å²) in [5.41, 5.74) is 2.35. The van der Waals surface area contributed by atoms with Gasteiger partial charge < -0.3 is 9.84 Å². The molecule has 0 fully saturated rings. The van der Waals surface area contributed by atoms with Gasteiger partial charge in [-0.1, -0.05) is 17.7 Å². The lowest BCUT2D eigenvalue weighted by Gasteiger charge is -2.09. The van der Waals surface area contributed by atoms with Gasteiger partial charge in [0.25, 0.3) is 0 Å². The number of carboxylic acid groups (broad SMARTS) is 1.